The van der Waals surface area contributed by atoms with Crippen molar-refractivity contribution in [1.29, 1.82) is 5.41 Å². The Bertz CT molecular complexity index is 664. The van der Waals surface area contributed by atoms with Crippen LogP contribution >= 0.6 is 0 Å². The van der Waals surface area contributed by atoms with Crippen LogP contribution in [0.1, 0.15) is 19.8 Å². The lowest BCUT2D eigenvalue weighted by atomic mass is 9.86. The summed E-state index contributed by atoms with van der Waals surface area (Å²) >= 11 is 0. The van der Waals surface area contributed by atoms with E-state index in [1.165, 1.54) is 6.92 Å². The van der Waals surface area contributed by atoms with Crippen molar-refractivity contribution in [3.63, 3.8) is 0 Å². The lowest BCUT2D eigenvalue weighted by Crippen LogP contribution is -2.66. The molecule has 1 saturated carbocycles. The Balaban J connectivity index is 2.08. The first-order valence-corrected chi connectivity index (χ1v) is 11.6. The summed E-state index contributed by atoms with van der Waals surface area (Å²) in [5.41, 5.74) is 22.8. The highest BCUT2D eigenvalue weighted by molar-refractivity contribution is 5.88. The van der Waals surface area contributed by atoms with E-state index < -0.39 is 86.2 Å². The first-order valence-electron chi connectivity index (χ1n) is 11.6. The topological polar surface area (TPSA) is 286 Å². The standard InChI is InChI=1S/C20H41N5O10/c1-7(32-11(2-3-21)14(28)10(27)5-22)33-18-8(23)4-9(24)19(17(18)31)35-20-16(30)13(25)15(29)12(6-26)34-20/h7,9-20,23,26-31H,2-6,21-22,24-25H2,1H3. The van der Waals surface area contributed by atoms with Gasteiger partial charge >= 0.3 is 0 Å². The van der Waals surface area contributed by atoms with Crippen molar-refractivity contribution in [3.8, 4) is 0 Å². The van der Waals surface area contributed by atoms with E-state index in [1.54, 1.807) is 0 Å². The molecule has 0 aromatic heterocycles. The molecule has 0 amide bonds. The van der Waals surface area contributed by atoms with Crippen LogP contribution in [0, 0.1) is 5.41 Å². The average molecular weight is 512 g/mol. The third-order valence-electron chi connectivity index (χ3n) is 6.27. The molecule has 15 nitrogen and oxygen atoms in total. The minimum absolute atomic E-state index is 0.0270. The molecule has 1 saturated heterocycles. The van der Waals surface area contributed by atoms with E-state index in [0.717, 1.165) is 0 Å². The number of rotatable bonds is 12. The zero-order chi connectivity index (χ0) is 26.4. The van der Waals surface area contributed by atoms with Gasteiger partial charge in [-0.1, -0.05) is 0 Å². The van der Waals surface area contributed by atoms with Gasteiger partial charge in [0.2, 0.25) is 0 Å². The smallest absolute Gasteiger partial charge is 0.186 e. The maximum Gasteiger partial charge on any atom is 0.186 e. The largest absolute Gasteiger partial charge is 0.394 e. The molecular formula is C20H41N5O10. The molecule has 1 aliphatic heterocycles. The quantitative estimate of drug-likeness (QED) is 0.109. The van der Waals surface area contributed by atoms with Gasteiger partial charge in [-0.05, 0) is 19.9 Å². The van der Waals surface area contributed by atoms with E-state index in [0.29, 0.717) is 0 Å². The first-order chi connectivity index (χ1) is 16.5. The summed E-state index contributed by atoms with van der Waals surface area (Å²) in [6.45, 7) is 0.848. The maximum atomic E-state index is 10.9. The highest BCUT2D eigenvalue weighted by Gasteiger charge is 2.48. The predicted molar refractivity (Wildman–Crippen MR) is 121 cm³/mol. The average Bonchev–Trinajstić information content (AvgIpc) is 2.82. The minimum atomic E-state index is -1.49. The van der Waals surface area contributed by atoms with Gasteiger partial charge in [0.1, 0.15) is 42.7 Å². The Hall–Kier alpha value is -0.890. The molecule has 2 rings (SSSR count). The fraction of sp³-hybridized carbons (Fsp3) is 0.950. The molecule has 0 aromatic carbocycles. The molecule has 0 spiro atoms. The van der Waals surface area contributed by atoms with Crippen LogP contribution in [0.15, 0.2) is 0 Å². The molecule has 2 aliphatic rings. The highest BCUT2D eigenvalue weighted by atomic mass is 16.7. The lowest BCUT2D eigenvalue weighted by Gasteiger charge is -2.45. The van der Waals surface area contributed by atoms with Crippen molar-refractivity contribution < 1.29 is 49.6 Å². The SMILES string of the molecule is CC(OC(CCN)C(O)C(O)CN)OC1C(=N)CC(N)C(OC2OC(CO)C(O)C(N)C2O)C1O. The Morgan fingerprint density at radius 2 is 1.77 bits per heavy atom. The fourth-order valence-electron chi connectivity index (χ4n) is 4.20. The molecule has 206 valence electrons. The fourth-order valence-corrected chi connectivity index (χ4v) is 4.20. The van der Waals surface area contributed by atoms with Gasteiger partial charge < -0.3 is 77.9 Å². The van der Waals surface area contributed by atoms with Gasteiger partial charge in [0.25, 0.3) is 0 Å². The first kappa shape index (κ1) is 30.3. The second-order valence-corrected chi connectivity index (χ2v) is 8.94. The number of aliphatic hydroxyl groups excluding tert-OH is 6. The van der Waals surface area contributed by atoms with Gasteiger partial charge in [-0.2, -0.15) is 0 Å². The summed E-state index contributed by atoms with van der Waals surface area (Å²) in [5, 5.41) is 69.0. The molecule has 1 heterocycles. The van der Waals surface area contributed by atoms with Crippen LogP contribution in [0.3, 0.4) is 0 Å². The molecular weight excluding hydrogens is 470 g/mol. The van der Waals surface area contributed by atoms with Crippen molar-refractivity contribution in [2.45, 2.75) is 99.4 Å². The van der Waals surface area contributed by atoms with E-state index in [-0.39, 0.29) is 31.6 Å². The molecule has 15 N–H and O–H groups in total. The summed E-state index contributed by atoms with van der Waals surface area (Å²) in [4.78, 5) is 0. The van der Waals surface area contributed by atoms with Gasteiger partial charge in [-0.15, -0.1) is 0 Å². The lowest BCUT2D eigenvalue weighted by molar-refractivity contribution is -0.304. The van der Waals surface area contributed by atoms with E-state index in [9.17, 15) is 30.6 Å². The highest BCUT2D eigenvalue weighted by Crippen LogP contribution is 2.28. The number of aliphatic hydroxyl groups is 6. The number of ether oxygens (including phenoxy) is 4. The number of nitrogens with two attached hydrogens (primary N) is 4. The zero-order valence-electron chi connectivity index (χ0n) is 19.7. The summed E-state index contributed by atoms with van der Waals surface area (Å²) in [6.07, 6.45) is -13.7. The van der Waals surface area contributed by atoms with E-state index in [2.05, 4.69) is 0 Å². The molecule has 2 fully saturated rings. The van der Waals surface area contributed by atoms with Crippen molar-refractivity contribution >= 4 is 5.71 Å². The molecule has 1 aliphatic carbocycles. The summed E-state index contributed by atoms with van der Waals surface area (Å²) in [6, 6.07) is -2.05. The van der Waals surface area contributed by atoms with Crippen molar-refractivity contribution in [2.24, 2.45) is 22.9 Å². The molecule has 13 atom stereocenters. The maximum absolute atomic E-state index is 10.9. The Kier molecular flexibility index (Phi) is 11.8. The Morgan fingerprint density at radius 1 is 1.11 bits per heavy atom. The van der Waals surface area contributed by atoms with Crippen molar-refractivity contribution in [1.82, 2.24) is 0 Å². The summed E-state index contributed by atoms with van der Waals surface area (Å²) in [5.74, 6) is 0. The van der Waals surface area contributed by atoms with Crippen molar-refractivity contribution in [3.05, 3.63) is 0 Å². The summed E-state index contributed by atoms with van der Waals surface area (Å²) in [7, 11) is 0. The second-order valence-electron chi connectivity index (χ2n) is 8.94. The van der Waals surface area contributed by atoms with Gasteiger partial charge in [0.05, 0.1) is 24.9 Å². The molecule has 35 heavy (non-hydrogen) atoms. The predicted octanol–water partition coefficient (Wildman–Crippen LogP) is -5.60. The summed E-state index contributed by atoms with van der Waals surface area (Å²) < 4.78 is 22.5. The van der Waals surface area contributed by atoms with Crippen LogP contribution in [0.5, 0.6) is 0 Å². The molecule has 15 heteroatoms. The number of hydrogen-bond acceptors (Lipinski definition) is 15. The van der Waals surface area contributed by atoms with Crippen LogP contribution in [-0.4, -0.2) is 136 Å². The van der Waals surface area contributed by atoms with Gasteiger partial charge in [0, 0.05) is 24.7 Å². The zero-order valence-corrected chi connectivity index (χ0v) is 19.7. The molecule has 13 unspecified atom stereocenters. The third-order valence-corrected chi connectivity index (χ3v) is 6.27. The second kappa shape index (κ2) is 13.6. The molecule has 0 radical (unpaired) electrons. The van der Waals surface area contributed by atoms with Crippen LogP contribution in [0.4, 0.5) is 0 Å². The van der Waals surface area contributed by atoms with Gasteiger partial charge in [-0.3, -0.25) is 0 Å². The van der Waals surface area contributed by atoms with Crippen LogP contribution in [0.2, 0.25) is 0 Å². The van der Waals surface area contributed by atoms with Crippen LogP contribution in [-0.2, 0) is 18.9 Å². The van der Waals surface area contributed by atoms with E-state index >= 15 is 0 Å². The molecule has 0 aromatic rings. The number of nitrogens with one attached hydrogen (secondary N) is 1. The van der Waals surface area contributed by atoms with Gasteiger partial charge in [0.15, 0.2) is 12.6 Å². The van der Waals surface area contributed by atoms with E-state index in [1.807, 2.05) is 0 Å². The Morgan fingerprint density at radius 3 is 2.34 bits per heavy atom. The minimum Gasteiger partial charge on any atom is -0.394 e. The van der Waals surface area contributed by atoms with Crippen LogP contribution in [0.25, 0.3) is 0 Å². The third kappa shape index (κ3) is 7.33. The van der Waals surface area contributed by atoms with Crippen LogP contribution < -0.4 is 22.9 Å². The van der Waals surface area contributed by atoms with Gasteiger partial charge in [-0.25, -0.2) is 0 Å². The van der Waals surface area contributed by atoms with E-state index in [4.69, 9.17) is 47.3 Å². The van der Waals surface area contributed by atoms with Crippen molar-refractivity contribution in [2.75, 3.05) is 19.7 Å². The number of hydrogen-bond donors (Lipinski definition) is 11. The normalized spacial score (nSPS) is 39.7. The monoisotopic (exact) mass is 511 g/mol. The molecule has 0 bridgehead atoms. The Labute approximate surface area is 203 Å².